The fraction of sp³-hybridized carbons (Fsp3) is 0.333. The summed E-state index contributed by atoms with van der Waals surface area (Å²) in [5, 5.41) is 3.25. The van der Waals surface area contributed by atoms with Gasteiger partial charge in [-0.3, -0.25) is 0 Å². The van der Waals surface area contributed by atoms with E-state index in [9.17, 15) is 0 Å². The number of para-hydroxylation sites is 2. The summed E-state index contributed by atoms with van der Waals surface area (Å²) >= 11 is 0. The molecule has 0 bridgehead atoms. The second-order valence-corrected chi connectivity index (χ2v) is 4.55. The quantitative estimate of drug-likeness (QED) is 0.923. The van der Waals surface area contributed by atoms with Crippen molar-refractivity contribution in [1.82, 2.24) is 15.3 Å². The third kappa shape index (κ3) is 2.72. The van der Waals surface area contributed by atoms with Crippen LogP contribution in [-0.4, -0.2) is 23.1 Å². The predicted molar refractivity (Wildman–Crippen MR) is 74.7 cm³/mol. The molecule has 1 aromatic heterocycles. The Kier molecular flexibility index (Phi) is 3.78. The molecule has 2 aromatic rings. The minimum Gasteiger partial charge on any atom is -0.485 e. The van der Waals surface area contributed by atoms with E-state index in [1.165, 1.54) is 0 Å². The van der Waals surface area contributed by atoms with Gasteiger partial charge < -0.3 is 14.8 Å². The third-order valence-electron chi connectivity index (χ3n) is 3.08. The van der Waals surface area contributed by atoms with Gasteiger partial charge in [-0.1, -0.05) is 19.1 Å². The molecule has 0 radical (unpaired) electrons. The molecule has 2 heterocycles. The van der Waals surface area contributed by atoms with Crippen molar-refractivity contribution in [3.8, 4) is 11.5 Å². The number of aromatic nitrogens is 2. The molecule has 20 heavy (non-hydrogen) atoms. The highest BCUT2D eigenvalue weighted by Gasteiger charge is 2.24. The molecule has 0 amide bonds. The van der Waals surface area contributed by atoms with E-state index < -0.39 is 0 Å². The van der Waals surface area contributed by atoms with E-state index in [0.29, 0.717) is 12.4 Å². The van der Waals surface area contributed by atoms with Crippen LogP contribution in [0.4, 0.5) is 0 Å². The first-order valence-corrected chi connectivity index (χ1v) is 6.78. The van der Waals surface area contributed by atoms with Gasteiger partial charge in [-0.05, 0) is 24.7 Å². The van der Waals surface area contributed by atoms with Crippen molar-refractivity contribution in [1.29, 1.82) is 0 Å². The van der Waals surface area contributed by atoms with Crippen molar-refractivity contribution in [2.24, 2.45) is 0 Å². The van der Waals surface area contributed by atoms with Crippen LogP contribution in [0.15, 0.2) is 36.5 Å². The lowest BCUT2D eigenvalue weighted by atomic mass is 10.2. The van der Waals surface area contributed by atoms with Gasteiger partial charge in [0.2, 0.25) is 0 Å². The minimum atomic E-state index is -0.258. The maximum absolute atomic E-state index is 5.91. The molecule has 1 unspecified atom stereocenters. The molecule has 5 nitrogen and oxygen atoms in total. The summed E-state index contributed by atoms with van der Waals surface area (Å²) in [5.74, 6) is 2.17. The molecule has 1 N–H and O–H groups in total. The van der Waals surface area contributed by atoms with Crippen LogP contribution in [0, 0.1) is 0 Å². The standard InChI is InChI=1S/C15H17N3O2/c1-2-16-9-11-7-8-17-15(18-11)14-10-19-12-5-3-4-6-13(12)20-14/h3-8,14,16H,2,9-10H2,1H3. The summed E-state index contributed by atoms with van der Waals surface area (Å²) in [7, 11) is 0. The van der Waals surface area contributed by atoms with Crippen LogP contribution in [0.2, 0.25) is 0 Å². The zero-order valence-electron chi connectivity index (χ0n) is 11.4. The van der Waals surface area contributed by atoms with Gasteiger partial charge in [-0.15, -0.1) is 0 Å². The van der Waals surface area contributed by atoms with Gasteiger partial charge in [0.15, 0.2) is 23.4 Å². The van der Waals surface area contributed by atoms with Crippen LogP contribution in [-0.2, 0) is 6.54 Å². The first-order valence-electron chi connectivity index (χ1n) is 6.78. The second-order valence-electron chi connectivity index (χ2n) is 4.55. The summed E-state index contributed by atoms with van der Waals surface area (Å²) in [5.41, 5.74) is 0.958. The molecule has 104 valence electrons. The average Bonchev–Trinajstić information content (AvgIpc) is 2.53. The van der Waals surface area contributed by atoms with E-state index in [4.69, 9.17) is 9.47 Å². The summed E-state index contributed by atoms with van der Waals surface area (Å²) in [4.78, 5) is 8.83. The van der Waals surface area contributed by atoms with E-state index >= 15 is 0 Å². The molecule has 1 atom stereocenters. The van der Waals surface area contributed by atoms with Gasteiger partial charge in [0.25, 0.3) is 0 Å². The lowest BCUT2D eigenvalue weighted by Crippen LogP contribution is -2.24. The summed E-state index contributed by atoms with van der Waals surface area (Å²) in [6.45, 7) is 4.14. The normalized spacial score (nSPS) is 16.9. The van der Waals surface area contributed by atoms with Gasteiger partial charge >= 0.3 is 0 Å². The molecule has 3 rings (SSSR count). The van der Waals surface area contributed by atoms with E-state index in [2.05, 4.69) is 22.2 Å². The number of rotatable bonds is 4. The molecule has 0 aliphatic carbocycles. The monoisotopic (exact) mass is 271 g/mol. The van der Waals surface area contributed by atoms with Crippen LogP contribution in [0.5, 0.6) is 11.5 Å². The summed E-state index contributed by atoms with van der Waals surface area (Å²) in [6.07, 6.45) is 1.50. The van der Waals surface area contributed by atoms with Crippen molar-refractivity contribution < 1.29 is 9.47 Å². The Morgan fingerprint density at radius 3 is 2.95 bits per heavy atom. The van der Waals surface area contributed by atoms with Crippen LogP contribution >= 0.6 is 0 Å². The molecule has 1 aliphatic heterocycles. The highest BCUT2D eigenvalue weighted by Crippen LogP contribution is 2.34. The van der Waals surface area contributed by atoms with Crippen LogP contribution in [0.25, 0.3) is 0 Å². The third-order valence-corrected chi connectivity index (χ3v) is 3.08. The highest BCUT2D eigenvalue weighted by molar-refractivity contribution is 5.41. The van der Waals surface area contributed by atoms with Crippen molar-refractivity contribution in [2.45, 2.75) is 19.6 Å². The fourth-order valence-corrected chi connectivity index (χ4v) is 2.07. The minimum absolute atomic E-state index is 0.258. The maximum atomic E-state index is 5.91. The first kappa shape index (κ1) is 12.9. The molecular weight excluding hydrogens is 254 g/mol. The van der Waals surface area contributed by atoms with E-state index in [1.54, 1.807) is 6.20 Å². The van der Waals surface area contributed by atoms with Crippen LogP contribution in [0.1, 0.15) is 24.5 Å². The molecule has 5 heteroatoms. The number of benzene rings is 1. The van der Waals surface area contributed by atoms with Crippen LogP contribution in [0.3, 0.4) is 0 Å². The Labute approximate surface area is 118 Å². The van der Waals surface area contributed by atoms with Gasteiger partial charge in [0.05, 0.1) is 5.69 Å². The smallest absolute Gasteiger partial charge is 0.192 e. The highest BCUT2D eigenvalue weighted by atomic mass is 16.6. The molecule has 0 saturated carbocycles. The zero-order valence-corrected chi connectivity index (χ0v) is 11.4. The van der Waals surface area contributed by atoms with Crippen molar-refractivity contribution in [2.75, 3.05) is 13.2 Å². The lowest BCUT2D eigenvalue weighted by Gasteiger charge is -2.25. The van der Waals surface area contributed by atoms with Gasteiger partial charge in [-0.25, -0.2) is 9.97 Å². The van der Waals surface area contributed by atoms with Crippen molar-refractivity contribution in [3.05, 3.63) is 48.0 Å². The maximum Gasteiger partial charge on any atom is 0.192 e. The Balaban J connectivity index is 1.77. The molecule has 0 fully saturated rings. The number of fused-ring (bicyclic) bond motifs is 1. The van der Waals surface area contributed by atoms with E-state index in [-0.39, 0.29) is 6.10 Å². The van der Waals surface area contributed by atoms with E-state index in [1.807, 2.05) is 30.3 Å². The Bertz CT molecular complexity index is 589. The first-order chi connectivity index (χ1) is 9.86. The SMILES string of the molecule is CCNCc1ccnc(C2COc3ccccc3O2)n1. The van der Waals surface area contributed by atoms with Crippen molar-refractivity contribution >= 4 is 0 Å². The van der Waals surface area contributed by atoms with Gasteiger partial charge in [-0.2, -0.15) is 0 Å². The number of hydrogen-bond acceptors (Lipinski definition) is 5. The van der Waals surface area contributed by atoms with E-state index in [0.717, 1.165) is 30.3 Å². The summed E-state index contributed by atoms with van der Waals surface area (Å²) < 4.78 is 11.6. The fourth-order valence-electron chi connectivity index (χ4n) is 2.07. The van der Waals surface area contributed by atoms with Gasteiger partial charge in [0.1, 0.15) is 6.61 Å². The molecular formula is C15H17N3O2. The number of nitrogens with one attached hydrogen (secondary N) is 1. The predicted octanol–water partition coefficient (Wildman–Crippen LogP) is 2.10. The Hall–Kier alpha value is -2.14. The average molecular weight is 271 g/mol. The second kappa shape index (κ2) is 5.88. The van der Waals surface area contributed by atoms with Gasteiger partial charge in [0, 0.05) is 12.7 Å². The number of ether oxygens (including phenoxy) is 2. The largest absolute Gasteiger partial charge is 0.485 e. The van der Waals surface area contributed by atoms with Crippen molar-refractivity contribution in [3.63, 3.8) is 0 Å². The molecule has 1 aromatic carbocycles. The topological polar surface area (TPSA) is 56.3 Å². The summed E-state index contributed by atoms with van der Waals surface area (Å²) in [6, 6.07) is 9.55. The zero-order chi connectivity index (χ0) is 13.8. The van der Waals surface area contributed by atoms with Crippen LogP contribution < -0.4 is 14.8 Å². The lowest BCUT2D eigenvalue weighted by molar-refractivity contribution is 0.0848. The molecule has 1 aliphatic rings. The Morgan fingerprint density at radius 2 is 2.10 bits per heavy atom. The Morgan fingerprint density at radius 1 is 1.25 bits per heavy atom. The molecule has 0 saturated heterocycles. The number of nitrogens with zero attached hydrogens (tertiary/aromatic N) is 2. The molecule has 0 spiro atoms. The number of hydrogen-bond donors (Lipinski definition) is 1.